The zero-order valence-electron chi connectivity index (χ0n) is 11.6. The summed E-state index contributed by atoms with van der Waals surface area (Å²) >= 11 is 3.71. The van der Waals surface area contributed by atoms with Crippen LogP contribution in [0.4, 0.5) is 0 Å². The lowest BCUT2D eigenvalue weighted by Crippen LogP contribution is -2.17. The molecule has 0 spiro atoms. The van der Waals surface area contributed by atoms with E-state index in [0.717, 1.165) is 16.8 Å². The van der Waals surface area contributed by atoms with Crippen LogP contribution in [-0.4, -0.2) is 13.7 Å². The van der Waals surface area contributed by atoms with Crippen molar-refractivity contribution in [2.45, 2.75) is 51.0 Å². The van der Waals surface area contributed by atoms with Gasteiger partial charge in [0.25, 0.3) is 0 Å². The predicted octanol–water partition coefficient (Wildman–Crippen LogP) is 4.15. The van der Waals surface area contributed by atoms with Crippen LogP contribution < -0.4 is 10.1 Å². The highest BCUT2D eigenvalue weighted by atomic mass is 79.9. The van der Waals surface area contributed by atoms with E-state index in [0.29, 0.717) is 6.04 Å². The van der Waals surface area contributed by atoms with Crippen LogP contribution in [-0.2, 0) is 12.8 Å². The van der Waals surface area contributed by atoms with Gasteiger partial charge in [-0.25, -0.2) is 0 Å². The molecular formula is C16H22BrNO. The Kier molecular flexibility index (Phi) is 4.13. The molecule has 0 saturated carbocycles. The highest BCUT2D eigenvalue weighted by molar-refractivity contribution is 9.10. The molecule has 1 aromatic carbocycles. The van der Waals surface area contributed by atoms with E-state index in [4.69, 9.17) is 4.74 Å². The molecule has 2 nitrogen and oxygen atoms in total. The second-order valence-electron chi connectivity index (χ2n) is 5.65. The molecule has 1 atom stereocenters. The highest BCUT2D eigenvalue weighted by Crippen LogP contribution is 2.42. The van der Waals surface area contributed by atoms with Crippen LogP contribution in [0.5, 0.6) is 5.75 Å². The number of hydrogen-bond acceptors (Lipinski definition) is 2. The summed E-state index contributed by atoms with van der Waals surface area (Å²) in [6, 6.07) is 2.78. The van der Waals surface area contributed by atoms with E-state index >= 15 is 0 Å². The summed E-state index contributed by atoms with van der Waals surface area (Å²) in [6.07, 6.45) is 8.94. The monoisotopic (exact) mass is 323 g/mol. The van der Waals surface area contributed by atoms with E-state index in [2.05, 4.69) is 27.3 Å². The maximum atomic E-state index is 5.71. The Morgan fingerprint density at radius 3 is 2.79 bits per heavy atom. The normalized spacial score (nSPS) is 22.9. The Balaban J connectivity index is 2.13. The summed E-state index contributed by atoms with van der Waals surface area (Å²) in [5, 5.41) is 3.64. The molecule has 0 aromatic heterocycles. The lowest BCUT2D eigenvalue weighted by Gasteiger charge is -2.23. The number of aryl methyl sites for hydroxylation is 1. The summed E-state index contributed by atoms with van der Waals surface area (Å²) in [4.78, 5) is 0. The lowest BCUT2D eigenvalue weighted by atomic mass is 9.91. The minimum absolute atomic E-state index is 0.485. The van der Waals surface area contributed by atoms with Gasteiger partial charge in [0.1, 0.15) is 5.75 Å². The Morgan fingerprint density at radius 1 is 1.21 bits per heavy atom. The van der Waals surface area contributed by atoms with Gasteiger partial charge in [0.2, 0.25) is 0 Å². The van der Waals surface area contributed by atoms with Gasteiger partial charge in [-0.15, -0.1) is 0 Å². The predicted molar refractivity (Wildman–Crippen MR) is 81.9 cm³/mol. The number of fused-ring (bicyclic) bond motifs is 1. The smallest absolute Gasteiger partial charge is 0.138 e. The van der Waals surface area contributed by atoms with Gasteiger partial charge in [-0.05, 0) is 78.2 Å². The third-order valence-electron chi connectivity index (χ3n) is 4.46. The number of rotatable bonds is 2. The van der Waals surface area contributed by atoms with Gasteiger partial charge in [0, 0.05) is 11.6 Å². The number of benzene rings is 1. The van der Waals surface area contributed by atoms with Crippen molar-refractivity contribution in [3.8, 4) is 5.75 Å². The van der Waals surface area contributed by atoms with Crippen molar-refractivity contribution in [3.05, 3.63) is 27.2 Å². The van der Waals surface area contributed by atoms with E-state index in [1.165, 1.54) is 56.1 Å². The fraction of sp³-hybridized carbons (Fsp3) is 0.625. The average Bonchev–Trinajstić information content (AvgIpc) is 2.83. The summed E-state index contributed by atoms with van der Waals surface area (Å²) in [5.74, 6) is 1.06. The minimum atomic E-state index is 0.485. The van der Waals surface area contributed by atoms with Crippen LogP contribution >= 0.6 is 15.9 Å². The number of halogens is 1. The first-order valence-corrected chi connectivity index (χ1v) is 8.22. The zero-order valence-corrected chi connectivity index (χ0v) is 13.2. The van der Waals surface area contributed by atoms with Crippen molar-refractivity contribution in [1.82, 2.24) is 5.32 Å². The summed E-state index contributed by atoms with van der Waals surface area (Å²) in [6.45, 7) is 1.13. The molecule has 0 amide bonds. The molecule has 0 bridgehead atoms. The highest BCUT2D eigenvalue weighted by Gasteiger charge is 2.27. The van der Waals surface area contributed by atoms with E-state index < -0.39 is 0 Å². The quantitative estimate of drug-likeness (QED) is 0.825. The van der Waals surface area contributed by atoms with Crippen molar-refractivity contribution in [2.75, 3.05) is 13.7 Å². The molecule has 3 rings (SSSR count). The number of ether oxygens (including phenoxy) is 1. The second kappa shape index (κ2) is 5.84. The van der Waals surface area contributed by atoms with Gasteiger partial charge in [0.05, 0.1) is 11.6 Å². The molecule has 1 saturated heterocycles. The van der Waals surface area contributed by atoms with Crippen molar-refractivity contribution >= 4 is 15.9 Å². The first kappa shape index (κ1) is 13.4. The van der Waals surface area contributed by atoms with E-state index in [-0.39, 0.29) is 0 Å². The standard InChI is InChI=1S/C16H22BrNO/c1-19-16-13(17)10-11-6-3-2-4-7-12(11)15(16)14-8-5-9-18-14/h10,14,18H,2-9H2,1H3. The fourth-order valence-corrected chi connectivity index (χ4v) is 4.22. The third kappa shape index (κ3) is 2.55. The Morgan fingerprint density at radius 2 is 2.05 bits per heavy atom. The molecule has 1 fully saturated rings. The molecule has 3 heteroatoms. The molecule has 1 aliphatic heterocycles. The van der Waals surface area contributed by atoms with E-state index in [1.807, 2.05) is 0 Å². The molecular weight excluding hydrogens is 302 g/mol. The first-order valence-electron chi connectivity index (χ1n) is 7.42. The van der Waals surface area contributed by atoms with Gasteiger partial charge in [-0.1, -0.05) is 6.42 Å². The van der Waals surface area contributed by atoms with Gasteiger partial charge in [0.15, 0.2) is 0 Å². The Bertz CT molecular complexity index is 466. The van der Waals surface area contributed by atoms with Crippen molar-refractivity contribution in [3.63, 3.8) is 0 Å². The average molecular weight is 324 g/mol. The molecule has 1 unspecified atom stereocenters. The molecule has 0 radical (unpaired) electrons. The maximum absolute atomic E-state index is 5.71. The van der Waals surface area contributed by atoms with Gasteiger partial charge in [-0.3, -0.25) is 0 Å². The molecule has 1 N–H and O–H groups in total. The van der Waals surface area contributed by atoms with Crippen LogP contribution in [0, 0.1) is 0 Å². The van der Waals surface area contributed by atoms with Crippen LogP contribution in [0.1, 0.15) is 54.8 Å². The summed E-state index contributed by atoms with van der Waals surface area (Å²) in [7, 11) is 1.79. The lowest BCUT2D eigenvalue weighted by molar-refractivity contribution is 0.399. The summed E-state index contributed by atoms with van der Waals surface area (Å²) < 4.78 is 6.83. The Labute approximate surface area is 124 Å². The number of hydrogen-bond donors (Lipinski definition) is 1. The number of nitrogens with one attached hydrogen (secondary N) is 1. The van der Waals surface area contributed by atoms with Gasteiger partial charge in [-0.2, -0.15) is 0 Å². The summed E-state index contributed by atoms with van der Waals surface area (Å²) in [5.41, 5.74) is 4.54. The molecule has 19 heavy (non-hydrogen) atoms. The molecule has 2 aliphatic rings. The van der Waals surface area contributed by atoms with Crippen LogP contribution in [0.25, 0.3) is 0 Å². The molecule has 1 heterocycles. The van der Waals surface area contributed by atoms with Crippen LogP contribution in [0.15, 0.2) is 10.5 Å². The first-order chi connectivity index (χ1) is 9.31. The SMILES string of the molecule is COc1c(Br)cc2c(c1C1CCCN1)CCCCC2. The zero-order chi connectivity index (χ0) is 13.2. The van der Waals surface area contributed by atoms with Crippen molar-refractivity contribution < 1.29 is 4.74 Å². The van der Waals surface area contributed by atoms with Crippen LogP contribution in [0.2, 0.25) is 0 Å². The fourth-order valence-electron chi connectivity index (χ4n) is 3.56. The second-order valence-corrected chi connectivity index (χ2v) is 6.51. The molecule has 1 aliphatic carbocycles. The largest absolute Gasteiger partial charge is 0.495 e. The van der Waals surface area contributed by atoms with Crippen molar-refractivity contribution in [2.24, 2.45) is 0 Å². The topological polar surface area (TPSA) is 21.3 Å². The Hall–Kier alpha value is -0.540. The van der Waals surface area contributed by atoms with Gasteiger partial charge < -0.3 is 10.1 Å². The molecule has 1 aromatic rings. The van der Waals surface area contributed by atoms with E-state index in [1.54, 1.807) is 12.7 Å². The maximum Gasteiger partial charge on any atom is 0.138 e. The number of methoxy groups -OCH3 is 1. The van der Waals surface area contributed by atoms with Gasteiger partial charge >= 0.3 is 0 Å². The minimum Gasteiger partial charge on any atom is -0.495 e. The molecule has 104 valence electrons. The van der Waals surface area contributed by atoms with Crippen molar-refractivity contribution in [1.29, 1.82) is 0 Å². The van der Waals surface area contributed by atoms with E-state index in [9.17, 15) is 0 Å². The third-order valence-corrected chi connectivity index (χ3v) is 5.05. The van der Waals surface area contributed by atoms with Crippen LogP contribution in [0.3, 0.4) is 0 Å².